The van der Waals surface area contributed by atoms with Gasteiger partial charge in [-0.15, -0.1) is 0 Å². The standard InChI is InChI=1S/C42H65N7O3/c1-36(2,3)52-35(51)49-21-19-48(20-22-49)30-32(45-47-34(30)50)42-17-15-37(4,5)24-27(42)26-11-12-29-39(8)23-25-31(44-46-33(25)43)38(6,7)28(39)13-14-41(29,10)40(26,9)16-18-42/h11,27-29H,12-24H2,1-10H3,(H3,43,44,46)(H2,45,47,50)/t27?,28?,29?,39-,40+,41+,42-/m0/s1. The fourth-order valence-electron chi connectivity index (χ4n) is 13.6. The van der Waals surface area contributed by atoms with E-state index in [1.807, 2.05) is 20.8 Å². The second kappa shape index (κ2) is 11.2. The maximum atomic E-state index is 13.8. The quantitative estimate of drug-likeness (QED) is 0.234. The van der Waals surface area contributed by atoms with Crippen LogP contribution in [0.2, 0.25) is 0 Å². The largest absolute Gasteiger partial charge is 0.444 e. The van der Waals surface area contributed by atoms with Gasteiger partial charge in [-0.1, -0.05) is 60.1 Å². The zero-order chi connectivity index (χ0) is 37.4. The van der Waals surface area contributed by atoms with Crippen LogP contribution in [0, 0.1) is 39.4 Å². The normalized spacial score (nSPS) is 37.9. The average Bonchev–Trinajstić information content (AvgIpc) is 3.62. The number of nitrogens with two attached hydrogens (primary N) is 1. The molecule has 2 aromatic heterocycles. The first-order chi connectivity index (χ1) is 24.2. The highest BCUT2D eigenvalue weighted by Gasteiger charge is 2.69. The van der Waals surface area contributed by atoms with Gasteiger partial charge >= 0.3 is 6.09 Å². The van der Waals surface area contributed by atoms with Crippen molar-refractivity contribution in [2.75, 3.05) is 36.8 Å². The molecule has 5 aliphatic carbocycles. The zero-order valence-corrected chi connectivity index (χ0v) is 33.6. The van der Waals surface area contributed by atoms with Gasteiger partial charge in [-0.05, 0) is 118 Å². The van der Waals surface area contributed by atoms with Gasteiger partial charge < -0.3 is 20.3 Å². The number of piperazine rings is 1. The van der Waals surface area contributed by atoms with Crippen molar-refractivity contribution in [3.63, 3.8) is 0 Å². The van der Waals surface area contributed by atoms with E-state index in [1.165, 1.54) is 24.1 Å². The summed E-state index contributed by atoms with van der Waals surface area (Å²) < 4.78 is 5.68. The second-order valence-electron chi connectivity index (χ2n) is 21.0. The lowest BCUT2D eigenvalue weighted by molar-refractivity contribution is -0.154. The molecule has 3 unspecified atom stereocenters. The highest BCUT2D eigenvalue weighted by molar-refractivity contribution is 5.69. The van der Waals surface area contributed by atoms with Crippen molar-refractivity contribution in [2.45, 2.75) is 143 Å². The number of aromatic amines is 3. The molecule has 1 saturated heterocycles. The molecule has 6 aliphatic rings. The Morgan fingerprint density at radius 3 is 2.31 bits per heavy atom. The molecule has 0 aromatic carbocycles. The Kier molecular flexibility index (Phi) is 7.71. The van der Waals surface area contributed by atoms with Crippen molar-refractivity contribution in [1.82, 2.24) is 25.3 Å². The monoisotopic (exact) mass is 716 g/mol. The molecule has 2 aromatic rings. The van der Waals surface area contributed by atoms with E-state index in [-0.39, 0.29) is 44.1 Å². The molecule has 1 aliphatic heterocycles. The lowest BCUT2D eigenvalue weighted by Crippen LogP contribution is -2.64. The van der Waals surface area contributed by atoms with E-state index in [0.29, 0.717) is 49.8 Å². The summed E-state index contributed by atoms with van der Waals surface area (Å²) in [5.74, 6) is 2.14. The number of nitrogens with zero attached hydrogens (tertiary/aromatic N) is 3. The smallest absolute Gasteiger partial charge is 0.410 e. The number of fused-ring (bicyclic) bond motifs is 8. The van der Waals surface area contributed by atoms with Crippen LogP contribution in [0.1, 0.15) is 138 Å². The summed E-state index contributed by atoms with van der Waals surface area (Å²) in [6, 6.07) is 0. The van der Waals surface area contributed by atoms with Gasteiger partial charge in [-0.25, -0.2) is 4.79 Å². The molecule has 4 fully saturated rings. The van der Waals surface area contributed by atoms with Gasteiger partial charge in [0, 0.05) is 48.3 Å². The van der Waals surface area contributed by atoms with E-state index in [0.717, 1.165) is 56.3 Å². The predicted molar refractivity (Wildman–Crippen MR) is 206 cm³/mol. The summed E-state index contributed by atoms with van der Waals surface area (Å²) in [6.07, 6.45) is 12.5. The highest BCUT2D eigenvalue weighted by atomic mass is 16.6. The minimum Gasteiger partial charge on any atom is -0.444 e. The number of nitrogens with one attached hydrogen (secondary N) is 3. The van der Waals surface area contributed by atoms with Crippen molar-refractivity contribution in [1.29, 1.82) is 0 Å². The Labute approximate surface area is 310 Å². The number of amides is 1. The summed E-state index contributed by atoms with van der Waals surface area (Å²) in [6.45, 7) is 25.6. The van der Waals surface area contributed by atoms with Crippen molar-refractivity contribution < 1.29 is 9.53 Å². The fourth-order valence-corrected chi connectivity index (χ4v) is 13.6. The summed E-state index contributed by atoms with van der Waals surface area (Å²) in [5.41, 5.74) is 12.4. The topological polar surface area (TPSA) is 136 Å². The number of anilines is 2. The zero-order valence-electron chi connectivity index (χ0n) is 33.6. The van der Waals surface area contributed by atoms with E-state index in [1.54, 1.807) is 10.5 Å². The number of hydrogen-bond acceptors (Lipinski definition) is 6. The van der Waals surface area contributed by atoms with E-state index in [2.05, 4.69) is 79.8 Å². The molecule has 0 spiro atoms. The summed E-state index contributed by atoms with van der Waals surface area (Å²) >= 11 is 0. The summed E-state index contributed by atoms with van der Waals surface area (Å²) in [4.78, 5) is 30.7. The Balaban J connectivity index is 1.16. The molecule has 0 bridgehead atoms. The molecule has 286 valence electrons. The van der Waals surface area contributed by atoms with Crippen LogP contribution in [-0.4, -0.2) is 63.2 Å². The van der Waals surface area contributed by atoms with Crippen LogP contribution in [0.15, 0.2) is 16.4 Å². The van der Waals surface area contributed by atoms with Crippen LogP contribution in [-0.2, 0) is 22.0 Å². The van der Waals surface area contributed by atoms with Gasteiger partial charge in [-0.2, -0.15) is 5.10 Å². The van der Waals surface area contributed by atoms with Crippen LogP contribution in [0.3, 0.4) is 0 Å². The lowest BCUT2D eigenvalue weighted by Gasteiger charge is -2.71. The second-order valence-corrected chi connectivity index (χ2v) is 21.0. The SMILES string of the molecule is CC1(C)CC[C@]2(c3[nH][nH]c(=O)c3N3CCN(C(=O)OC(C)(C)C)CC3)CC[C@]3(C)C(=CCC4[C@@]5(C)Cc6c(N)n[nH]c6C(C)(C)C5CC[C@]43C)C2C1. The molecule has 5 N–H and O–H groups in total. The molecule has 7 atom stereocenters. The van der Waals surface area contributed by atoms with E-state index < -0.39 is 5.60 Å². The predicted octanol–water partition coefficient (Wildman–Crippen LogP) is 7.83. The summed E-state index contributed by atoms with van der Waals surface area (Å²) in [5, 5.41) is 14.5. The average molecular weight is 716 g/mol. The molecule has 10 heteroatoms. The Hall–Kier alpha value is -3.17. The minimum absolute atomic E-state index is 0.0107. The van der Waals surface area contributed by atoms with E-state index in [9.17, 15) is 9.59 Å². The van der Waals surface area contributed by atoms with Crippen LogP contribution in [0.4, 0.5) is 16.3 Å². The third-order valence-corrected chi connectivity index (χ3v) is 16.4. The maximum absolute atomic E-state index is 13.8. The van der Waals surface area contributed by atoms with Gasteiger partial charge in [-0.3, -0.25) is 20.1 Å². The molecule has 3 heterocycles. The first kappa shape index (κ1) is 35.8. The number of H-pyrrole nitrogens is 3. The van der Waals surface area contributed by atoms with Crippen molar-refractivity contribution >= 4 is 17.6 Å². The molecular weight excluding hydrogens is 651 g/mol. The molecule has 3 saturated carbocycles. The molecular formula is C42H65N7O3. The summed E-state index contributed by atoms with van der Waals surface area (Å²) in [7, 11) is 0. The van der Waals surface area contributed by atoms with E-state index >= 15 is 0 Å². The molecule has 8 rings (SSSR count). The Morgan fingerprint density at radius 1 is 0.923 bits per heavy atom. The minimum atomic E-state index is -0.538. The van der Waals surface area contributed by atoms with Gasteiger partial charge in [0.05, 0.1) is 5.69 Å². The van der Waals surface area contributed by atoms with Crippen LogP contribution in [0.5, 0.6) is 0 Å². The third-order valence-electron chi connectivity index (χ3n) is 16.4. The number of nitrogen functional groups attached to an aromatic ring is 1. The number of allylic oxidation sites excluding steroid dienone is 2. The van der Waals surface area contributed by atoms with Crippen molar-refractivity contribution in [3.8, 4) is 0 Å². The number of hydrogen-bond donors (Lipinski definition) is 4. The van der Waals surface area contributed by atoms with Gasteiger partial charge in [0.2, 0.25) is 0 Å². The fraction of sp³-hybridized carbons (Fsp3) is 0.786. The lowest BCUT2D eigenvalue weighted by atomic mass is 9.33. The molecule has 0 radical (unpaired) electrons. The molecule has 10 nitrogen and oxygen atoms in total. The van der Waals surface area contributed by atoms with E-state index in [4.69, 9.17) is 10.5 Å². The first-order valence-electron chi connectivity index (χ1n) is 20.2. The Morgan fingerprint density at radius 2 is 1.62 bits per heavy atom. The van der Waals surface area contributed by atoms with Gasteiger partial charge in [0.1, 0.15) is 17.1 Å². The van der Waals surface area contributed by atoms with Crippen molar-refractivity contribution in [2.24, 2.45) is 39.4 Å². The number of rotatable bonds is 2. The van der Waals surface area contributed by atoms with Crippen LogP contribution >= 0.6 is 0 Å². The van der Waals surface area contributed by atoms with Crippen molar-refractivity contribution in [3.05, 3.63) is 39.0 Å². The molecule has 1 amide bonds. The Bertz CT molecular complexity index is 1850. The van der Waals surface area contributed by atoms with Gasteiger partial charge in [0.25, 0.3) is 5.56 Å². The third kappa shape index (κ3) is 4.89. The number of aromatic nitrogens is 4. The molecule has 52 heavy (non-hydrogen) atoms. The van der Waals surface area contributed by atoms with Gasteiger partial charge in [0.15, 0.2) is 0 Å². The number of carbonyl (C=O) groups excluding carboxylic acids is 1. The van der Waals surface area contributed by atoms with Crippen LogP contribution in [0.25, 0.3) is 0 Å². The first-order valence-corrected chi connectivity index (χ1v) is 20.2. The number of ether oxygens (including phenoxy) is 1. The maximum Gasteiger partial charge on any atom is 0.410 e. The highest BCUT2D eigenvalue weighted by Crippen LogP contribution is 2.75. The number of carbonyl (C=O) groups is 1. The van der Waals surface area contributed by atoms with Crippen LogP contribution < -0.4 is 16.2 Å².